The Morgan fingerprint density at radius 2 is 2.25 bits per heavy atom. The molecule has 1 aliphatic heterocycles. The van der Waals surface area contributed by atoms with E-state index in [1.54, 1.807) is 4.90 Å². The highest BCUT2D eigenvalue weighted by molar-refractivity contribution is 5.68. The minimum absolute atomic E-state index is 0.118. The summed E-state index contributed by atoms with van der Waals surface area (Å²) in [6.07, 6.45) is 3.13. The van der Waals surface area contributed by atoms with Crippen LogP contribution in [0.2, 0.25) is 0 Å². The molecule has 0 aliphatic carbocycles. The number of carbonyl (C=O) groups excluding carboxylic acids is 1. The van der Waals surface area contributed by atoms with Crippen molar-refractivity contribution in [3.8, 4) is 0 Å². The first-order valence-electron chi connectivity index (χ1n) is 5.66. The number of amides is 1. The van der Waals surface area contributed by atoms with Gasteiger partial charge in [0.25, 0.3) is 0 Å². The largest absolute Gasteiger partial charge is 0.500 e. The fraction of sp³-hybridized carbons (Fsp3) is 0.750. The van der Waals surface area contributed by atoms with Crippen LogP contribution < -0.4 is 0 Å². The van der Waals surface area contributed by atoms with Gasteiger partial charge in [0.15, 0.2) is 0 Å². The van der Waals surface area contributed by atoms with Crippen molar-refractivity contribution in [3.63, 3.8) is 0 Å². The van der Waals surface area contributed by atoms with Crippen LogP contribution in [-0.4, -0.2) is 35.8 Å². The van der Waals surface area contributed by atoms with Gasteiger partial charge in [-0.15, -0.1) is 0 Å². The Bertz CT molecular complexity index is 257. The standard InChI is InChI=1S/C12H21NO3/c1-5-15-9-10-7-6-8-13(10)11(14)16-12(2,3)4/h5,10H,1,6-9H2,2-4H3. The SMILES string of the molecule is C=COCC1CCCN1C(=O)OC(C)(C)C. The van der Waals surface area contributed by atoms with Gasteiger partial charge >= 0.3 is 6.09 Å². The lowest BCUT2D eigenvalue weighted by Crippen LogP contribution is -2.41. The maximum absolute atomic E-state index is 11.9. The average Bonchev–Trinajstić information content (AvgIpc) is 2.59. The van der Waals surface area contributed by atoms with Crippen molar-refractivity contribution in [3.05, 3.63) is 12.8 Å². The summed E-state index contributed by atoms with van der Waals surface area (Å²) in [7, 11) is 0. The summed E-state index contributed by atoms with van der Waals surface area (Å²) < 4.78 is 10.5. The van der Waals surface area contributed by atoms with Crippen LogP contribution in [0.1, 0.15) is 33.6 Å². The van der Waals surface area contributed by atoms with Gasteiger partial charge in [0, 0.05) is 6.54 Å². The predicted octanol–water partition coefficient (Wildman–Crippen LogP) is 2.55. The van der Waals surface area contributed by atoms with E-state index < -0.39 is 5.60 Å². The maximum Gasteiger partial charge on any atom is 0.410 e. The molecule has 0 bridgehead atoms. The Labute approximate surface area is 97.2 Å². The Morgan fingerprint density at radius 3 is 2.81 bits per heavy atom. The van der Waals surface area contributed by atoms with Gasteiger partial charge in [0.05, 0.1) is 12.3 Å². The van der Waals surface area contributed by atoms with Crippen LogP contribution in [0.4, 0.5) is 4.79 Å². The molecule has 0 saturated carbocycles. The maximum atomic E-state index is 11.9. The smallest absolute Gasteiger partial charge is 0.410 e. The lowest BCUT2D eigenvalue weighted by atomic mass is 10.2. The predicted molar refractivity (Wildman–Crippen MR) is 62.1 cm³/mol. The summed E-state index contributed by atoms with van der Waals surface area (Å²) >= 11 is 0. The molecule has 0 spiro atoms. The van der Waals surface area contributed by atoms with E-state index in [0.29, 0.717) is 6.61 Å². The second-order valence-corrected chi connectivity index (χ2v) is 4.97. The summed E-state index contributed by atoms with van der Waals surface area (Å²) in [5, 5.41) is 0. The van der Waals surface area contributed by atoms with E-state index in [2.05, 4.69) is 6.58 Å². The van der Waals surface area contributed by atoms with Crippen molar-refractivity contribution in [1.29, 1.82) is 0 Å². The Hall–Kier alpha value is -1.19. The second-order valence-electron chi connectivity index (χ2n) is 4.97. The molecule has 4 heteroatoms. The fourth-order valence-electron chi connectivity index (χ4n) is 1.75. The number of nitrogens with zero attached hydrogens (tertiary/aromatic N) is 1. The Kier molecular flexibility index (Phi) is 4.21. The van der Waals surface area contributed by atoms with E-state index >= 15 is 0 Å². The highest BCUT2D eigenvalue weighted by Gasteiger charge is 2.32. The first-order chi connectivity index (χ1) is 7.44. The number of carbonyl (C=O) groups is 1. The number of ether oxygens (including phenoxy) is 2. The molecule has 1 saturated heterocycles. The monoisotopic (exact) mass is 227 g/mol. The van der Waals surface area contributed by atoms with Gasteiger partial charge in [-0.1, -0.05) is 6.58 Å². The molecule has 4 nitrogen and oxygen atoms in total. The Balaban J connectivity index is 2.50. The Morgan fingerprint density at radius 1 is 1.56 bits per heavy atom. The summed E-state index contributed by atoms with van der Waals surface area (Å²) in [4.78, 5) is 13.6. The van der Waals surface area contributed by atoms with Crippen molar-refractivity contribution in [2.45, 2.75) is 45.3 Å². The molecule has 0 aromatic carbocycles. The van der Waals surface area contributed by atoms with Crippen molar-refractivity contribution >= 4 is 6.09 Å². The zero-order valence-corrected chi connectivity index (χ0v) is 10.4. The normalized spacial score (nSPS) is 20.7. The summed E-state index contributed by atoms with van der Waals surface area (Å²) in [6, 6.07) is 0.118. The van der Waals surface area contributed by atoms with Crippen LogP contribution in [0, 0.1) is 0 Å². The van der Waals surface area contributed by atoms with Crippen LogP contribution in [0.15, 0.2) is 12.8 Å². The van der Waals surface area contributed by atoms with Crippen LogP contribution in [0.25, 0.3) is 0 Å². The van der Waals surface area contributed by atoms with Gasteiger partial charge in [-0.2, -0.15) is 0 Å². The molecular weight excluding hydrogens is 206 g/mol. The molecule has 1 amide bonds. The van der Waals surface area contributed by atoms with Gasteiger partial charge < -0.3 is 14.4 Å². The molecule has 1 fully saturated rings. The summed E-state index contributed by atoms with van der Waals surface area (Å²) in [5.41, 5.74) is -0.441. The molecule has 0 N–H and O–H groups in total. The zero-order valence-electron chi connectivity index (χ0n) is 10.4. The second kappa shape index (κ2) is 5.23. The van der Waals surface area contributed by atoms with E-state index in [1.807, 2.05) is 20.8 Å². The molecular formula is C12H21NO3. The molecule has 92 valence electrons. The average molecular weight is 227 g/mol. The van der Waals surface area contributed by atoms with E-state index in [1.165, 1.54) is 6.26 Å². The molecule has 16 heavy (non-hydrogen) atoms. The summed E-state index contributed by atoms with van der Waals surface area (Å²) in [6.45, 7) is 10.4. The number of hydrogen-bond acceptors (Lipinski definition) is 3. The number of likely N-dealkylation sites (tertiary alicyclic amines) is 1. The minimum Gasteiger partial charge on any atom is -0.500 e. The first kappa shape index (κ1) is 12.9. The van der Waals surface area contributed by atoms with Crippen molar-refractivity contribution in [1.82, 2.24) is 4.90 Å². The highest BCUT2D eigenvalue weighted by Crippen LogP contribution is 2.20. The zero-order chi connectivity index (χ0) is 12.2. The van der Waals surface area contributed by atoms with Gasteiger partial charge in [0.2, 0.25) is 0 Å². The quantitative estimate of drug-likeness (QED) is 0.695. The topological polar surface area (TPSA) is 38.8 Å². The molecule has 0 aromatic rings. The molecule has 1 atom stereocenters. The van der Waals surface area contributed by atoms with Crippen LogP contribution in [0.5, 0.6) is 0 Å². The van der Waals surface area contributed by atoms with Crippen molar-refractivity contribution in [2.24, 2.45) is 0 Å². The van der Waals surface area contributed by atoms with Gasteiger partial charge in [-0.25, -0.2) is 4.79 Å². The minimum atomic E-state index is -0.441. The lowest BCUT2D eigenvalue weighted by Gasteiger charge is -2.28. The number of rotatable bonds is 3. The summed E-state index contributed by atoms with van der Waals surface area (Å²) in [5.74, 6) is 0. The molecule has 1 unspecified atom stereocenters. The van der Waals surface area contributed by atoms with E-state index in [9.17, 15) is 4.79 Å². The molecule has 1 heterocycles. The molecule has 0 radical (unpaired) electrons. The third-order valence-electron chi connectivity index (χ3n) is 2.41. The molecule has 0 aromatic heterocycles. The van der Waals surface area contributed by atoms with Crippen LogP contribution in [-0.2, 0) is 9.47 Å². The van der Waals surface area contributed by atoms with Gasteiger partial charge in [-0.3, -0.25) is 0 Å². The van der Waals surface area contributed by atoms with Crippen molar-refractivity contribution in [2.75, 3.05) is 13.2 Å². The van der Waals surface area contributed by atoms with E-state index in [0.717, 1.165) is 19.4 Å². The molecule has 1 aliphatic rings. The first-order valence-corrected chi connectivity index (χ1v) is 5.66. The highest BCUT2D eigenvalue weighted by atomic mass is 16.6. The molecule has 1 rings (SSSR count). The van der Waals surface area contributed by atoms with Crippen LogP contribution in [0.3, 0.4) is 0 Å². The van der Waals surface area contributed by atoms with E-state index in [4.69, 9.17) is 9.47 Å². The van der Waals surface area contributed by atoms with Gasteiger partial charge in [0.1, 0.15) is 12.2 Å². The lowest BCUT2D eigenvalue weighted by molar-refractivity contribution is 0.0168. The fourth-order valence-corrected chi connectivity index (χ4v) is 1.75. The van der Waals surface area contributed by atoms with Crippen LogP contribution >= 0.6 is 0 Å². The third-order valence-corrected chi connectivity index (χ3v) is 2.41. The van der Waals surface area contributed by atoms with Gasteiger partial charge in [-0.05, 0) is 33.6 Å². The van der Waals surface area contributed by atoms with Crippen molar-refractivity contribution < 1.29 is 14.3 Å². The van der Waals surface area contributed by atoms with E-state index in [-0.39, 0.29) is 12.1 Å². The third kappa shape index (κ3) is 3.76. The number of hydrogen-bond donors (Lipinski definition) is 0.